The third-order valence-electron chi connectivity index (χ3n) is 5.22. The van der Waals surface area contributed by atoms with Crippen LogP contribution in [-0.4, -0.2) is 38.9 Å². The Bertz CT molecular complexity index is 1340. The highest BCUT2D eigenvalue weighted by atomic mass is 35.5. The van der Waals surface area contributed by atoms with Gasteiger partial charge in [0.1, 0.15) is 5.75 Å². The Morgan fingerprint density at radius 2 is 1.73 bits per heavy atom. The number of nitrogens with zero attached hydrogens (tertiary/aromatic N) is 3. The van der Waals surface area contributed by atoms with Crippen LogP contribution in [-0.2, 0) is 17.9 Å². The molecule has 37 heavy (non-hydrogen) atoms. The van der Waals surface area contributed by atoms with Crippen molar-refractivity contribution >= 4 is 29.1 Å². The van der Waals surface area contributed by atoms with Gasteiger partial charge in [0.2, 0.25) is 11.9 Å². The van der Waals surface area contributed by atoms with Crippen LogP contribution in [0.25, 0.3) is 0 Å². The van der Waals surface area contributed by atoms with Crippen LogP contribution in [0.5, 0.6) is 5.75 Å². The number of rotatable bonds is 10. The molecule has 0 fully saturated rings. The molecule has 0 radical (unpaired) electrons. The maximum atomic E-state index is 13.3. The summed E-state index contributed by atoms with van der Waals surface area (Å²) in [6.45, 7) is 2.64. The molecule has 1 amide bonds. The molecule has 198 valence electrons. The van der Waals surface area contributed by atoms with Gasteiger partial charge in [-0.15, -0.1) is 0 Å². The van der Waals surface area contributed by atoms with Crippen LogP contribution in [0.4, 0.5) is 24.8 Å². The SMILES string of the molecule is CC(=O)NCCCn1c(=O)nc(Nc2ccc(OC(C)C(F)(F)F)cc2)n(Cc2ccc(Cl)cc2)c1=O. The minimum Gasteiger partial charge on any atom is -0.481 e. The van der Waals surface area contributed by atoms with Crippen LogP contribution in [0, 0.1) is 0 Å². The zero-order valence-corrected chi connectivity index (χ0v) is 20.8. The molecule has 0 spiro atoms. The van der Waals surface area contributed by atoms with Gasteiger partial charge in [-0.3, -0.25) is 9.36 Å². The summed E-state index contributed by atoms with van der Waals surface area (Å²) in [4.78, 5) is 41.0. The second kappa shape index (κ2) is 12.0. The summed E-state index contributed by atoms with van der Waals surface area (Å²) in [7, 11) is 0. The number of aromatic nitrogens is 3. The number of nitrogens with one attached hydrogen (secondary N) is 2. The van der Waals surface area contributed by atoms with Gasteiger partial charge in [-0.1, -0.05) is 23.7 Å². The number of hydrogen-bond donors (Lipinski definition) is 2. The molecule has 0 bridgehead atoms. The van der Waals surface area contributed by atoms with Gasteiger partial charge in [0.15, 0.2) is 6.10 Å². The van der Waals surface area contributed by atoms with E-state index >= 15 is 0 Å². The topological polar surface area (TPSA) is 107 Å². The molecule has 9 nitrogen and oxygen atoms in total. The maximum absolute atomic E-state index is 13.3. The van der Waals surface area contributed by atoms with Crippen LogP contribution < -0.4 is 26.7 Å². The Balaban J connectivity index is 1.89. The van der Waals surface area contributed by atoms with E-state index in [4.69, 9.17) is 16.3 Å². The average molecular weight is 540 g/mol. The first-order chi connectivity index (χ1) is 17.4. The van der Waals surface area contributed by atoms with Crippen molar-refractivity contribution in [3.05, 3.63) is 80.1 Å². The normalized spacial score (nSPS) is 12.2. The number of carbonyl (C=O) groups is 1. The van der Waals surface area contributed by atoms with Crippen LogP contribution in [0.1, 0.15) is 25.8 Å². The van der Waals surface area contributed by atoms with E-state index in [1.165, 1.54) is 35.8 Å². The highest BCUT2D eigenvalue weighted by Crippen LogP contribution is 2.26. The van der Waals surface area contributed by atoms with Crippen molar-refractivity contribution in [1.29, 1.82) is 0 Å². The Labute approximate surface area is 214 Å². The summed E-state index contributed by atoms with van der Waals surface area (Å²) >= 11 is 5.95. The predicted octanol–water partition coefficient (Wildman–Crippen LogP) is 3.71. The van der Waals surface area contributed by atoms with Crippen molar-refractivity contribution in [2.24, 2.45) is 0 Å². The van der Waals surface area contributed by atoms with Gasteiger partial charge >= 0.3 is 17.6 Å². The quantitative estimate of drug-likeness (QED) is 0.380. The minimum absolute atomic E-state index is 0.00326. The van der Waals surface area contributed by atoms with Gasteiger partial charge < -0.3 is 15.4 Å². The smallest absolute Gasteiger partial charge is 0.425 e. The van der Waals surface area contributed by atoms with Crippen LogP contribution in [0.2, 0.25) is 5.02 Å². The zero-order chi connectivity index (χ0) is 27.2. The van der Waals surface area contributed by atoms with E-state index in [1.54, 1.807) is 24.3 Å². The number of amides is 1. The third kappa shape index (κ3) is 7.84. The Hall–Kier alpha value is -3.80. The van der Waals surface area contributed by atoms with E-state index in [9.17, 15) is 27.6 Å². The van der Waals surface area contributed by atoms with Crippen molar-refractivity contribution in [3.63, 3.8) is 0 Å². The molecule has 2 aromatic carbocycles. The number of anilines is 2. The molecule has 0 saturated carbocycles. The fourth-order valence-corrected chi connectivity index (χ4v) is 3.38. The highest BCUT2D eigenvalue weighted by molar-refractivity contribution is 6.30. The lowest BCUT2D eigenvalue weighted by Gasteiger charge is -2.18. The van der Waals surface area contributed by atoms with Crippen molar-refractivity contribution in [1.82, 2.24) is 19.4 Å². The molecule has 0 aliphatic carbocycles. The largest absolute Gasteiger partial charge is 0.481 e. The van der Waals surface area contributed by atoms with Crippen LogP contribution in [0.3, 0.4) is 0 Å². The molecule has 1 heterocycles. The first-order valence-electron chi connectivity index (χ1n) is 11.2. The van der Waals surface area contributed by atoms with E-state index in [2.05, 4.69) is 15.6 Å². The lowest BCUT2D eigenvalue weighted by atomic mass is 10.2. The number of alkyl halides is 3. The Morgan fingerprint density at radius 3 is 2.32 bits per heavy atom. The molecule has 0 saturated heterocycles. The first kappa shape index (κ1) is 27.8. The summed E-state index contributed by atoms with van der Waals surface area (Å²) in [5, 5.41) is 6.00. The number of hydrogen-bond acceptors (Lipinski definition) is 6. The molecule has 1 atom stereocenters. The summed E-state index contributed by atoms with van der Waals surface area (Å²) in [6, 6.07) is 12.3. The number of halogens is 4. The van der Waals surface area contributed by atoms with E-state index in [1.807, 2.05) is 0 Å². The third-order valence-corrected chi connectivity index (χ3v) is 5.47. The van der Waals surface area contributed by atoms with Crippen molar-refractivity contribution in [2.75, 3.05) is 11.9 Å². The lowest BCUT2D eigenvalue weighted by Crippen LogP contribution is -2.43. The Morgan fingerprint density at radius 1 is 1.08 bits per heavy atom. The van der Waals surface area contributed by atoms with E-state index in [0.717, 1.165) is 11.5 Å². The van der Waals surface area contributed by atoms with Crippen LogP contribution in [0.15, 0.2) is 58.1 Å². The molecule has 3 aromatic rings. The molecule has 1 aromatic heterocycles. The minimum atomic E-state index is -4.51. The molecule has 1 unspecified atom stereocenters. The standard InChI is InChI=1S/C24H25ClF3N5O4/c1-15(24(26,27)28)37-20-10-8-19(9-11-20)30-21-31-22(35)32(13-3-12-29-16(2)34)23(36)33(21)14-17-4-6-18(25)7-5-17/h4-11,15H,3,12-14H2,1-2H3,(H,29,34)(H,30,31,35). The van der Waals surface area contributed by atoms with Crippen molar-refractivity contribution in [3.8, 4) is 5.75 Å². The fraction of sp³-hybridized carbons (Fsp3) is 0.333. The first-order valence-corrected chi connectivity index (χ1v) is 11.6. The molecule has 2 N–H and O–H groups in total. The second-order valence-corrected chi connectivity index (χ2v) is 8.59. The fourth-order valence-electron chi connectivity index (χ4n) is 3.25. The second-order valence-electron chi connectivity index (χ2n) is 8.15. The Kier molecular flexibility index (Phi) is 8.98. The number of benzene rings is 2. The summed E-state index contributed by atoms with van der Waals surface area (Å²) in [6.07, 6.45) is -6.16. The van der Waals surface area contributed by atoms with Gasteiger partial charge in [0, 0.05) is 30.7 Å². The van der Waals surface area contributed by atoms with E-state index in [-0.39, 0.29) is 37.2 Å². The number of carbonyl (C=O) groups excluding carboxylic acids is 1. The highest BCUT2D eigenvalue weighted by Gasteiger charge is 2.38. The monoisotopic (exact) mass is 539 g/mol. The lowest BCUT2D eigenvalue weighted by molar-refractivity contribution is -0.189. The van der Waals surface area contributed by atoms with E-state index < -0.39 is 23.7 Å². The van der Waals surface area contributed by atoms with Gasteiger partial charge in [-0.05, 0) is 55.3 Å². The molecule has 3 rings (SSSR count). The van der Waals surface area contributed by atoms with E-state index in [0.29, 0.717) is 22.7 Å². The van der Waals surface area contributed by atoms with Gasteiger partial charge in [0.25, 0.3) is 0 Å². The summed E-state index contributed by atoms with van der Waals surface area (Å²) < 4.78 is 45.4. The summed E-state index contributed by atoms with van der Waals surface area (Å²) in [5.74, 6) is -0.286. The average Bonchev–Trinajstić information content (AvgIpc) is 2.82. The van der Waals surface area contributed by atoms with Crippen molar-refractivity contribution in [2.45, 2.75) is 45.6 Å². The molecule has 0 aliphatic rings. The number of ether oxygens (including phenoxy) is 1. The molecular weight excluding hydrogens is 515 g/mol. The van der Waals surface area contributed by atoms with Gasteiger partial charge in [-0.2, -0.15) is 18.2 Å². The molecule has 0 aliphatic heterocycles. The van der Waals surface area contributed by atoms with Gasteiger partial charge in [-0.25, -0.2) is 14.2 Å². The molecule has 13 heteroatoms. The van der Waals surface area contributed by atoms with Gasteiger partial charge in [0.05, 0.1) is 6.54 Å². The zero-order valence-electron chi connectivity index (χ0n) is 20.0. The predicted molar refractivity (Wildman–Crippen MR) is 132 cm³/mol. The summed E-state index contributed by atoms with van der Waals surface area (Å²) in [5.41, 5.74) is -0.336. The van der Waals surface area contributed by atoms with Crippen molar-refractivity contribution < 1.29 is 22.7 Å². The maximum Gasteiger partial charge on any atom is 0.425 e. The van der Waals surface area contributed by atoms with Crippen LogP contribution >= 0.6 is 11.6 Å². The molecular formula is C24H25ClF3N5O4.